The van der Waals surface area contributed by atoms with Gasteiger partial charge in [0.2, 0.25) is 0 Å². The normalized spacial score (nSPS) is 17.8. The number of halogens is 3. The first-order valence-corrected chi connectivity index (χ1v) is 11.2. The Morgan fingerprint density at radius 1 is 1.06 bits per heavy atom. The summed E-state index contributed by atoms with van der Waals surface area (Å²) >= 11 is 0. The number of hydrogen-bond donors (Lipinski definition) is 2. The summed E-state index contributed by atoms with van der Waals surface area (Å²) in [6.07, 6.45) is -3.52. The van der Waals surface area contributed by atoms with Gasteiger partial charge in [-0.3, -0.25) is 15.6 Å². The van der Waals surface area contributed by atoms with Gasteiger partial charge in [-0.15, -0.1) is 0 Å². The van der Waals surface area contributed by atoms with Gasteiger partial charge in [-0.25, -0.2) is 27.7 Å². The van der Waals surface area contributed by atoms with Crippen LogP contribution in [0.25, 0.3) is 0 Å². The minimum Gasteiger partial charge on any atom is -0.444 e. The van der Waals surface area contributed by atoms with Crippen molar-refractivity contribution in [3.8, 4) is 0 Å². The summed E-state index contributed by atoms with van der Waals surface area (Å²) in [4.78, 5) is 33.1. The summed E-state index contributed by atoms with van der Waals surface area (Å²) in [7, 11) is 0. The molecule has 0 radical (unpaired) electrons. The second-order valence-electron chi connectivity index (χ2n) is 10.6. The van der Waals surface area contributed by atoms with Crippen molar-refractivity contribution in [3.05, 3.63) is 47.3 Å². The van der Waals surface area contributed by atoms with Crippen LogP contribution >= 0.6 is 0 Å². The van der Waals surface area contributed by atoms with E-state index in [4.69, 9.17) is 9.47 Å². The molecular formula is C24H30F3N5O4. The van der Waals surface area contributed by atoms with E-state index in [0.29, 0.717) is 0 Å². The average molecular weight is 510 g/mol. The fraction of sp³-hybridized carbons (Fsp3) is 0.500. The number of ether oxygens (including phenoxy) is 2. The number of fused-ring (bicyclic) bond motifs is 1. The summed E-state index contributed by atoms with van der Waals surface area (Å²) in [5.41, 5.74) is -3.25. The van der Waals surface area contributed by atoms with E-state index in [1.807, 2.05) is 0 Å². The molecule has 0 spiro atoms. The Kier molecular flexibility index (Phi) is 7.11. The predicted octanol–water partition coefficient (Wildman–Crippen LogP) is 5.51. The van der Waals surface area contributed by atoms with Gasteiger partial charge in [0, 0.05) is 11.3 Å². The molecule has 2 aromatic rings. The maximum absolute atomic E-state index is 15.1. The van der Waals surface area contributed by atoms with Crippen LogP contribution in [0.2, 0.25) is 0 Å². The van der Waals surface area contributed by atoms with E-state index in [9.17, 15) is 18.4 Å². The van der Waals surface area contributed by atoms with Crippen LogP contribution in [0.5, 0.6) is 0 Å². The average Bonchev–Trinajstić information content (AvgIpc) is 3.10. The van der Waals surface area contributed by atoms with Crippen LogP contribution in [0.4, 0.5) is 28.4 Å². The molecule has 2 amide bonds. The van der Waals surface area contributed by atoms with Crippen LogP contribution in [0.3, 0.4) is 0 Å². The molecule has 1 aromatic carbocycles. The summed E-state index contributed by atoms with van der Waals surface area (Å²) in [6, 6.07) is 3.81. The molecule has 2 N–H and O–H groups in total. The van der Waals surface area contributed by atoms with Gasteiger partial charge in [0.1, 0.15) is 28.3 Å². The molecule has 0 fully saturated rings. The van der Waals surface area contributed by atoms with Gasteiger partial charge in [0.05, 0.1) is 12.7 Å². The molecule has 196 valence electrons. The van der Waals surface area contributed by atoms with Crippen LogP contribution in [0.1, 0.15) is 72.0 Å². The molecule has 9 nitrogen and oxygen atoms in total. The molecule has 12 heteroatoms. The first-order valence-electron chi connectivity index (χ1n) is 11.2. The molecule has 1 aliphatic heterocycles. The van der Waals surface area contributed by atoms with Crippen molar-refractivity contribution in [2.45, 2.75) is 78.2 Å². The molecule has 1 aromatic heterocycles. The number of hydrogen-bond acceptors (Lipinski definition) is 6. The highest BCUT2D eigenvalue weighted by Gasteiger charge is 2.39. The number of alkyl halides is 2. The van der Waals surface area contributed by atoms with Crippen LogP contribution in [-0.4, -0.2) is 38.8 Å². The number of aliphatic imine (C=N–C) groups is 1. The number of amidine groups is 1. The van der Waals surface area contributed by atoms with E-state index in [0.717, 1.165) is 12.3 Å². The molecule has 0 bridgehead atoms. The number of carbonyl (C=O) groups excluding carboxylic acids is 2. The predicted molar refractivity (Wildman–Crippen MR) is 127 cm³/mol. The van der Waals surface area contributed by atoms with Crippen LogP contribution in [-0.2, 0) is 21.6 Å². The highest BCUT2D eigenvalue weighted by atomic mass is 19.3. The molecule has 1 unspecified atom stereocenters. The maximum atomic E-state index is 15.1. The van der Waals surface area contributed by atoms with Crippen molar-refractivity contribution in [1.29, 1.82) is 0 Å². The lowest BCUT2D eigenvalue weighted by molar-refractivity contribution is 0.0560. The summed E-state index contributed by atoms with van der Waals surface area (Å²) in [5.74, 6) is -0.860. The van der Waals surface area contributed by atoms with Crippen molar-refractivity contribution in [3.63, 3.8) is 0 Å². The Hall–Kier alpha value is -3.57. The minimum absolute atomic E-state index is 0.000821. The molecular weight excluding hydrogens is 479 g/mol. The number of nitrogens with one attached hydrogen (secondary N) is 2. The Morgan fingerprint density at radius 3 is 2.19 bits per heavy atom. The number of imidazole rings is 1. The van der Waals surface area contributed by atoms with E-state index in [1.54, 1.807) is 41.5 Å². The molecule has 1 aliphatic rings. The third-order valence-corrected chi connectivity index (χ3v) is 4.96. The smallest absolute Gasteiger partial charge is 0.413 e. The van der Waals surface area contributed by atoms with Gasteiger partial charge >= 0.3 is 12.2 Å². The fourth-order valence-corrected chi connectivity index (χ4v) is 3.62. The molecule has 0 aliphatic carbocycles. The zero-order valence-electron chi connectivity index (χ0n) is 21.2. The maximum Gasteiger partial charge on any atom is 0.413 e. The summed E-state index contributed by atoms with van der Waals surface area (Å²) in [6.45, 7) is 11.4. The van der Waals surface area contributed by atoms with E-state index in [1.165, 1.54) is 23.6 Å². The topological polar surface area (TPSA) is 107 Å². The number of amides is 2. The Morgan fingerprint density at radius 2 is 1.64 bits per heavy atom. The van der Waals surface area contributed by atoms with Crippen molar-refractivity contribution in [1.82, 2.24) is 14.9 Å². The largest absolute Gasteiger partial charge is 0.444 e. The van der Waals surface area contributed by atoms with E-state index >= 15 is 4.39 Å². The van der Waals surface area contributed by atoms with Crippen LogP contribution < -0.4 is 10.6 Å². The molecule has 3 rings (SSSR count). The van der Waals surface area contributed by atoms with Crippen LogP contribution in [0.15, 0.2) is 29.4 Å². The third-order valence-electron chi connectivity index (χ3n) is 4.96. The van der Waals surface area contributed by atoms with Gasteiger partial charge < -0.3 is 14.0 Å². The van der Waals surface area contributed by atoms with Crippen molar-refractivity contribution < 1.29 is 32.2 Å². The Balaban J connectivity index is 2.04. The van der Waals surface area contributed by atoms with Crippen LogP contribution in [0, 0.1) is 5.82 Å². The number of benzene rings is 1. The van der Waals surface area contributed by atoms with Crippen molar-refractivity contribution in [2.24, 2.45) is 4.99 Å². The number of rotatable bonds is 3. The number of carbonyl (C=O) groups is 2. The zero-order valence-corrected chi connectivity index (χ0v) is 21.2. The lowest BCUT2D eigenvalue weighted by Gasteiger charge is -2.33. The van der Waals surface area contributed by atoms with Crippen molar-refractivity contribution >= 4 is 23.7 Å². The zero-order chi connectivity index (χ0) is 27.1. The summed E-state index contributed by atoms with van der Waals surface area (Å²) in [5, 5.41) is 4.98. The van der Waals surface area contributed by atoms with Gasteiger partial charge in [-0.2, -0.15) is 0 Å². The van der Waals surface area contributed by atoms with Crippen molar-refractivity contribution in [2.75, 3.05) is 5.32 Å². The highest BCUT2D eigenvalue weighted by Crippen LogP contribution is 2.37. The SMILES string of the molecule is CC(C)(C)OC(=O)NC1=NC(C)(c2cc(NC(=O)OC(C)(C)C)ccc2F)Cn2c(C(F)F)cnc21. The quantitative estimate of drug-likeness (QED) is 0.568. The van der Waals surface area contributed by atoms with Gasteiger partial charge in [-0.05, 0) is 66.7 Å². The second kappa shape index (κ2) is 9.47. The summed E-state index contributed by atoms with van der Waals surface area (Å²) < 4.78 is 54.2. The first kappa shape index (κ1) is 27.0. The standard InChI is InChI=1S/C24H30F3N5O4/c1-22(2,3)35-20(33)29-13-8-9-15(25)14(10-13)24(7)12-32-16(17(26)27)11-28-19(32)18(31-24)30-21(34)36-23(4,5)6/h8-11,17H,12H2,1-7H3,(H,29,33)(H,30,31,34). The molecule has 0 saturated heterocycles. The lowest BCUT2D eigenvalue weighted by Crippen LogP contribution is -2.44. The number of nitrogens with zero attached hydrogens (tertiary/aromatic N) is 3. The van der Waals surface area contributed by atoms with E-state index in [2.05, 4.69) is 20.6 Å². The second-order valence-corrected chi connectivity index (χ2v) is 10.6. The van der Waals surface area contributed by atoms with Gasteiger partial charge in [0.15, 0.2) is 11.7 Å². The third kappa shape index (κ3) is 6.35. The Bertz CT molecular complexity index is 1200. The van der Waals surface area contributed by atoms with E-state index < -0.39 is 46.9 Å². The minimum atomic E-state index is -2.87. The van der Waals surface area contributed by atoms with Gasteiger partial charge in [0.25, 0.3) is 6.43 Å². The fourth-order valence-electron chi connectivity index (χ4n) is 3.62. The number of anilines is 1. The first-order chi connectivity index (χ1) is 16.5. The lowest BCUT2D eigenvalue weighted by atomic mass is 9.90. The molecule has 2 heterocycles. The van der Waals surface area contributed by atoms with Gasteiger partial charge in [-0.1, -0.05) is 0 Å². The monoisotopic (exact) mass is 509 g/mol. The highest BCUT2D eigenvalue weighted by molar-refractivity contribution is 6.05. The molecule has 36 heavy (non-hydrogen) atoms. The van der Waals surface area contributed by atoms with E-state index in [-0.39, 0.29) is 29.5 Å². The molecule has 1 atom stereocenters. The number of alkyl carbamates (subject to hydrolysis) is 1. The Labute approximate surface area is 207 Å². The molecule has 0 saturated carbocycles. The number of aromatic nitrogens is 2.